The molecule has 0 aliphatic heterocycles. The number of hydrogen-bond acceptors (Lipinski definition) is 6. The van der Waals surface area contributed by atoms with E-state index in [4.69, 9.17) is 9.15 Å². The molecule has 0 aliphatic carbocycles. The van der Waals surface area contributed by atoms with Gasteiger partial charge < -0.3 is 14.5 Å². The van der Waals surface area contributed by atoms with E-state index < -0.39 is 0 Å². The molecule has 0 bridgehead atoms. The number of anilines is 1. The Labute approximate surface area is 181 Å². The van der Waals surface area contributed by atoms with E-state index in [0.29, 0.717) is 17.5 Å². The lowest BCUT2D eigenvalue weighted by Gasteiger charge is -2.09. The SMILES string of the molecule is COc1ccc(CCCc2nnc(SCC(=O)Nc3cccc(C)c3C)o2)cc1C. The van der Waals surface area contributed by atoms with Crippen molar-refractivity contribution in [2.75, 3.05) is 18.2 Å². The number of aryl methyl sites for hydroxylation is 4. The number of ether oxygens (including phenoxy) is 1. The van der Waals surface area contributed by atoms with Gasteiger partial charge in [-0.25, -0.2) is 0 Å². The Balaban J connectivity index is 1.44. The molecule has 3 aromatic rings. The molecule has 0 atom stereocenters. The average molecular weight is 426 g/mol. The number of amides is 1. The minimum Gasteiger partial charge on any atom is -0.496 e. The maximum Gasteiger partial charge on any atom is 0.277 e. The molecule has 0 radical (unpaired) electrons. The second kappa shape index (κ2) is 10.3. The van der Waals surface area contributed by atoms with Crippen LogP contribution in [0.3, 0.4) is 0 Å². The van der Waals surface area contributed by atoms with Gasteiger partial charge >= 0.3 is 0 Å². The summed E-state index contributed by atoms with van der Waals surface area (Å²) in [5.41, 5.74) is 5.44. The van der Waals surface area contributed by atoms with Gasteiger partial charge in [0.2, 0.25) is 11.8 Å². The van der Waals surface area contributed by atoms with E-state index >= 15 is 0 Å². The first-order chi connectivity index (χ1) is 14.5. The van der Waals surface area contributed by atoms with Gasteiger partial charge in [-0.2, -0.15) is 0 Å². The van der Waals surface area contributed by atoms with Gasteiger partial charge in [0, 0.05) is 12.1 Å². The summed E-state index contributed by atoms with van der Waals surface area (Å²) in [6, 6.07) is 12.1. The molecule has 0 spiro atoms. The number of hydrogen-bond donors (Lipinski definition) is 1. The quantitative estimate of drug-likeness (QED) is 0.491. The van der Waals surface area contributed by atoms with Gasteiger partial charge in [0.15, 0.2) is 0 Å². The van der Waals surface area contributed by atoms with Crippen LogP contribution in [0.5, 0.6) is 5.75 Å². The third-order valence-corrected chi connectivity index (χ3v) is 5.79. The van der Waals surface area contributed by atoms with Crippen LogP contribution in [0.1, 0.15) is 34.6 Å². The van der Waals surface area contributed by atoms with E-state index in [9.17, 15) is 4.79 Å². The third-order valence-electron chi connectivity index (χ3n) is 4.97. The van der Waals surface area contributed by atoms with Gasteiger partial charge in [-0.3, -0.25) is 4.79 Å². The Hall–Kier alpha value is -2.80. The van der Waals surface area contributed by atoms with Crippen molar-refractivity contribution in [2.24, 2.45) is 0 Å². The number of carbonyl (C=O) groups excluding carboxylic acids is 1. The number of methoxy groups -OCH3 is 1. The molecule has 30 heavy (non-hydrogen) atoms. The smallest absolute Gasteiger partial charge is 0.277 e. The van der Waals surface area contributed by atoms with Crippen LogP contribution in [0.2, 0.25) is 0 Å². The fourth-order valence-corrected chi connectivity index (χ4v) is 3.72. The van der Waals surface area contributed by atoms with E-state index in [0.717, 1.165) is 41.0 Å². The Morgan fingerprint density at radius 3 is 2.70 bits per heavy atom. The lowest BCUT2D eigenvalue weighted by atomic mass is 10.1. The molecular formula is C23H27N3O3S. The fraction of sp³-hybridized carbons (Fsp3) is 0.348. The molecule has 0 saturated carbocycles. The van der Waals surface area contributed by atoms with E-state index in [2.05, 4.69) is 27.6 Å². The minimum absolute atomic E-state index is 0.0941. The number of aromatic nitrogens is 2. The molecule has 1 N–H and O–H groups in total. The molecule has 1 amide bonds. The number of benzene rings is 2. The zero-order valence-corrected chi connectivity index (χ0v) is 18.6. The van der Waals surface area contributed by atoms with Crippen molar-refractivity contribution in [2.45, 2.75) is 45.3 Å². The van der Waals surface area contributed by atoms with Crippen LogP contribution in [0.15, 0.2) is 46.0 Å². The van der Waals surface area contributed by atoms with Crippen LogP contribution in [-0.2, 0) is 17.6 Å². The van der Waals surface area contributed by atoms with Gasteiger partial charge in [-0.05, 0) is 68.0 Å². The molecule has 0 saturated heterocycles. The Morgan fingerprint density at radius 1 is 1.10 bits per heavy atom. The number of nitrogens with zero attached hydrogens (tertiary/aromatic N) is 2. The van der Waals surface area contributed by atoms with E-state index in [1.165, 1.54) is 17.3 Å². The monoisotopic (exact) mass is 425 g/mol. The molecule has 7 heteroatoms. The molecule has 0 fully saturated rings. The van der Waals surface area contributed by atoms with Crippen molar-refractivity contribution in [1.82, 2.24) is 10.2 Å². The highest BCUT2D eigenvalue weighted by molar-refractivity contribution is 7.99. The van der Waals surface area contributed by atoms with Crippen LogP contribution in [0.4, 0.5) is 5.69 Å². The van der Waals surface area contributed by atoms with Crippen molar-refractivity contribution < 1.29 is 13.9 Å². The van der Waals surface area contributed by atoms with E-state index in [1.54, 1.807) is 7.11 Å². The highest BCUT2D eigenvalue weighted by atomic mass is 32.2. The lowest BCUT2D eigenvalue weighted by molar-refractivity contribution is -0.113. The number of nitrogens with one attached hydrogen (secondary N) is 1. The largest absolute Gasteiger partial charge is 0.496 e. The molecule has 3 rings (SSSR count). The lowest BCUT2D eigenvalue weighted by Crippen LogP contribution is -2.15. The average Bonchev–Trinajstić information content (AvgIpc) is 3.18. The Bertz CT molecular complexity index is 1020. The molecular weight excluding hydrogens is 398 g/mol. The first-order valence-electron chi connectivity index (χ1n) is 9.91. The second-order valence-electron chi connectivity index (χ2n) is 7.20. The van der Waals surface area contributed by atoms with Crippen LogP contribution >= 0.6 is 11.8 Å². The van der Waals surface area contributed by atoms with Crippen molar-refractivity contribution in [3.8, 4) is 5.75 Å². The van der Waals surface area contributed by atoms with Gasteiger partial charge in [0.1, 0.15) is 5.75 Å². The molecule has 158 valence electrons. The molecule has 0 unspecified atom stereocenters. The number of rotatable bonds is 9. The summed E-state index contributed by atoms with van der Waals surface area (Å²) in [7, 11) is 1.68. The summed E-state index contributed by atoms with van der Waals surface area (Å²) in [6.45, 7) is 6.06. The van der Waals surface area contributed by atoms with E-state index in [1.807, 2.05) is 45.0 Å². The standard InChI is InChI=1S/C23H27N3O3S/c1-15-7-5-9-19(17(15)3)24-21(27)14-30-23-26-25-22(29-23)10-6-8-18-11-12-20(28-4)16(2)13-18/h5,7,9,11-13H,6,8,10,14H2,1-4H3,(H,24,27). The van der Waals surface area contributed by atoms with Crippen molar-refractivity contribution in [3.63, 3.8) is 0 Å². The fourth-order valence-electron chi connectivity index (χ4n) is 3.14. The zero-order valence-electron chi connectivity index (χ0n) is 17.8. The van der Waals surface area contributed by atoms with E-state index in [-0.39, 0.29) is 11.7 Å². The minimum atomic E-state index is -0.0941. The molecule has 2 aromatic carbocycles. The normalized spacial score (nSPS) is 10.8. The topological polar surface area (TPSA) is 77.2 Å². The third kappa shape index (κ3) is 5.86. The summed E-state index contributed by atoms with van der Waals surface area (Å²) < 4.78 is 11.0. The maximum absolute atomic E-state index is 12.2. The van der Waals surface area contributed by atoms with Crippen molar-refractivity contribution in [3.05, 3.63) is 64.5 Å². The molecule has 6 nitrogen and oxygen atoms in total. The predicted molar refractivity (Wildman–Crippen MR) is 119 cm³/mol. The highest BCUT2D eigenvalue weighted by Crippen LogP contribution is 2.22. The predicted octanol–water partition coefficient (Wildman–Crippen LogP) is 4.91. The summed E-state index contributed by atoms with van der Waals surface area (Å²) in [5, 5.41) is 11.5. The number of carbonyl (C=O) groups is 1. The zero-order chi connectivity index (χ0) is 21.5. The summed E-state index contributed by atoms with van der Waals surface area (Å²) >= 11 is 1.25. The van der Waals surface area contributed by atoms with Gasteiger partial charge in [0.25, 0.3) is 5.22 Å². The van der Waals surface area contributed by atoms with Gasteiger partial charge in [0.05, 0.1) is 12.9 Å². The Kier molecular flexibility index (Phi) is 7.52. The van der Waals surface area contributed by atoms with Gasteiger partial charge in [-0.1, -0.05) is 36.0 Å². The van der Waals surface area contributed by atoms with Crippen LogP contribution in [0, 0.1) is 20.8 Å². The van der Waals surface area contributed by atoms with Crippen molar-refractivity contribution >= 4 is 23.4 Å². The maximum atomic E-state index is 12.2. The first-order valence-corrected chi connectivity index (χ1v) is 10.9. The highest BCUT2D eigenvalue weighted by Gasteiger charge is 2.11. The number of thioether (sulfide) groups is 1. The summed E-state index contributed by atoms with van der Waals surface area (Å²) in [5.74, 6) is 1.63. The van der Waals surface area contributed by atoms with Crippen molar-refractivity contribution in [1.29, 1.82) is 0 Å². The van der Waals surface area contributed by atoms with Crippen LogP contribution < -0.4 is 10.1 Å². The van der Waals surface area contributed by atoms with Crippen LogP contribution in [-0.4, -0.2) is 29.0 Å². The van der Waals surface area contributed by atoms with Crippen LogP contribution in [0.25, 0.3) is 0 Å². The molecule has 1 heterocycles. The first kappa shape index (κ1) is 21.9. The summed E-state index contributed by atoms with van der Waals surface area (Å²) in [6.07, 6.45) is 2.53. The van der Waals surface area contributed by atoms with Gasteiger partial charge in [-0.15, -0.1) is 10.2 Å². The molecule has 0 aliphatic rings. The second-order valence-corrected chi connectivity index (χ2v) is 8.13. The molecule has 1 aromatic heterocycles. The summed E-state index contributed by atoms with van der Waals surface area (Å²) in [4.78, 5) is 12.2. The Morgan fingerprint density at radius 2 is 1.93 bits per heavy atom.